The number of carbonyl (C=O) groups is 2. The third kappa shape index (κ3) is 3.47. The van der Waals surface area contributed by atoms with Crippen molar-refractivity contribution in [3.8, 4) is 5.75 Å². The Morgan fingerprint density at radius 1 is 1.50 bits per heavy atom. The van der Waals surface area contributed by atoms with Crippen LogP contribution < -0.4 is 4.74 Å². The zero-order chi connectivity index (χ0) is 13.7. The van der Waals surface area contributed by atoms with Crippen molar-refractivity contribution in [3.63, 3.8) is 0 Å². The van der Waals surface area contributed by atoms with Gasteiger partial charge in [0, 0.05) is 13.1 Å². The van der Waals surface area contributed by atoms with Crippen LogP contribution in [0.15, 0.2) is 18.2 Å². The summed E-state index contributed by atoms with van der Waals surface area (Å²) in [7, 11) is 1.70. The molecule has 0 atom stereocenters. The summed E-state index contributed by atoms with van der Waals surface area (Å²) in [6.45, 7) is 3.71. The van der Waals surface area contributed by atoms with Crippen LogP contribution in [0.5, 0.6) is 5.75 Å². The van der Waals surface area contributed by atoms with Gasteiger partial charge in [0.15, 0.2) is 12.9 Å². The van der Waals surface area contributed by atoms with Crippen molar-refractivity contribution in [3.05, 3.63) is 28.8 Å². The number of carbonyl (C=O) groups excluding carboxylic acids is 2. The van der Waals surface area contributed by atoms with E-state index in [9.17, 15) is 9.59 Å². The highest BCUT2D eigenvalue weighted by atomic mass is 35.5. The van der Waals surface area contributed by atoms with Crippen LogP contribution in [0.3, 0.4) is 0 Å². The molecule has 4 nitrogen and oxygen atoms in total. The third-order valence-electron chi connectivity index (χ3n) is 2.65. The highest BCUT2D eigenvalue weighted by Crippen LogP contribution is 2.24. The van der Waals surface area contributed by atoms with Gasteiger partial charge in [-0.3, -0.25) is 9.59 Å². The van der Waals surface area contributed by atoms with Crippen LogP contribution in [-0.2, 0) is 4.79 Å². The van der Waals surface area contributed by atoms with Crippen molar-refractivity contribution in [2.45, 2.75) is 19.9 Å². The summed E-state index contributed by atoms with van der Waals surface area (Å²) in [4.78, 5) is 24.2. The Balaban J connectivity index is 2.72. The molecule has 0 aliphatic rings. The summed E-state index contributed by atoms with van der Waals surface area (Å²) < 4.78 is 5.34. The van der Waals surface area contributed by atoms with Crippen LogP contribution >= 0.6 is 11.6 Å². The number of ether oxygens (including phenoxy) is 1. The summed E-state index contributed by atoms with van der Waals surface area (Å²) in [6.07, 6.45) is 0.619. The standard InChI is InChI=1S/C13H16ClNO3/c1-9(2)15(3)13(17)8-18-12-6-4-5-11(14)10(12)7-16/h4-7,9H,8H2,1-3H3. The van der Waals surface area contributed by atoms with E-state index >= 15 is 0 Å². The molecule has 1 aromatic carbocycles. The number of hydrogen-bond acceptors (Lipinski definition) is 3. The highest BCUT2D eigenvalue weighted by molar-refractivity contribution is 6.33. The maximum Gasteiger partial charge on any atom is 0.260 e. The fraction of sp³-hybridized carbons (Fsp3) is 0.385. The zero-order valence-corrected chi connectivity index (χ0v) is 11.4. The molecule has 0 aromatic heterocycles. The average molecular weight is 270 g/mol. The number of nitrogens with zero attached hydrogens (tertiary/aromatic N) is 1. The Labute approximate surface area is 111 Å². The molecule has 18 heavy (non-hydrogen) atoms. The van der Waals surface area contributed by atoms with E-state index < -0.39 is 0 Å². The number of hydrogen-bond donors (Lipinski definition) is 0. The maximum absolute atomic E-state index is 11.7. The first-order valence-electron chi connectivity index (χ1n) is 5.59. The van der Waals surface area contributed by atoms with Crippen molar-refractivity contribution >= 4 is 23.8 Å². The van der Waals surface area contributed by atoms with Crippen molar-refractivity contribution in [2.24, 2.45) is 0 Å². The SMILES string of the molecule is CC(C)N(C)C(=O)COc1cccc(Cl)c1C=O. The van der Waals surface area contributed by atoms with Crippen LogP contribution in [-0.4, -0.2) is 36.8 Å². The lowest BCUT2D eigenvalue weighted by Crippen LogP contribution is -2.36. The first-order valence-corrected chi connectivity index (χ1v) is 5.97. The van der Waals surface area contributed by atoms with Crippen LogP contribution in [0, 0.1) is 0 Å². The molecule has 0 radical (unpaired) electrons. The number of amides is 1. The van der Waals surface area contributed by atoms with E-state index in [2.05, 4.69) is 0 Å². The van der Waals surface area contributed by atoms with E-state index in [-0.39, 0.29) is 24.1 Å². The topological polar surface area (TPSA) is 46.6 Å². The second-order valence-electron chi connectivity index (χ2n) is 4.16. The molecule has 1 aromatic rings. The van der Waals surface area contributed by atoms with Crippen molar-refractivity contribution < 1.29 is 14.3 Å². The molecule has 0 aliphatic carbocycles. The second-order valence-corrected chi connectivity index (χ2v) is 4.56. The quantitative estimate of drug-likeness (QED) is 0.771. The van der Waals surface area contributed by atoms with Crippen LogP contribution in [0.4, 0.5) is 0 Å². The second kappa shape index (κ2) is 6.40. The third-order valence-corrected chi connectivity index (χ3v) is 2.98. The molecule has 0 N–H and O–H groups in total. The Bertz CT molecular complexity index is 446. The lowest BCUT2D eigenvalue weighted by Gasteiger charge is -2.21. The van der Waals surface area contributed by atoms with Gasteiger partial charge in [0.05, 0.1) is 10.6 Å². The van der Waals surface area contributed by atoms with Gasteiger partial charge in [-0.2, -0.15) is 0 Å². The van der Waals surface area contributed by atoms with Gasteiger partial charge < -0.3 is 9.64 Å². The number of halogens is 1. The summed E-state index contributed by atoms with van der Waals surface area (Å²) in [5, 5.41) is 0.312. The van der Waals surface area contributed by atoms with E-state index in [4.69, 9.17) is 16.3 Å². The van der Waals surface area contributed by atoms with Crippen molar-refractivity contribution in [1.29, 1.82) is 0 Å². The van der Waals surface area contributed by atoms with Crippen molar-refractivity contribution in [1.82, 2.24) is 4.90 Å². The first-order chi connectivity index (χ1) is 8.47. The predicted octanol–water partition coefficient (Wildman–Crippen LogP) is 2.40. The largest absolute Gasteiger partial charge is 0.483 e. The van der Waals surface area contributed by atoms with Gasteiger partial charge in [-0.25, -0.2) is 0 Å². The molecular weight excluding hydrogens is 254 g/mol. The lowest BCUT2D eigenvalue weighted by atomic mass is 10.2. The average Bonchev–Trinajstić information content (AvgIpc) is 2.34. The Morgan fingerprint density at radius 3 is 2.72 bits per heavy atom. The number of benzene rings is 1. The van der Waals surface area contributed by atoms with Crippen LogP contribution in [0.2, 0.25) is 5.02 Å². The zero-order valence-electron chi connectivity index (χ0n) is 10.6. The number of rotatable bonds is 5. The predicted molar refractivity (Wildman–Crippen MR) is 70.2 cm³/mol. The molecule has 0 saturated carbocycles. The molecule has 0 unspecified atom stereocenters. The van der Waals surface area contributed by atoms with E-state index in [1.807, 2.05) is 13.8 Å². The van der Waals surface area contributed by atoms with Crippen LogP contribution in [0.1, 0.15) is 24.2 Å². The Hall–Kier alpha value is -1.55. The van der Waals surface area contributed by atoms with Gasteiger partial charge in [-0.05, 0) is 26.0 Å². The van der Waals surface area contributed by atoms with Gasteiger partial charge in [0.2, 0.25) is 0 Å². The van der Waals surface area contributed by atoms with Gasteiger partial charge in [0.25, 0.3) is 5.91 Å². The van der Waals surface area contributed by atoms with Gasteiger partial charge in [-0.15, -0.1) is 0 Å². The van der Waals surface area contributed by atoms with Crippen molar-refractivity contribution in [2.75, 3.05) is 13.7 Å². The maximum atomic E-state index is 11.7. The molecule has 0 fully saturated rings. The summed E-state index contributed by atoms with van der Waals surface area (Å²) in [6, 6.07) is 4.98. The Kier molecular flexibility index (Phi) is 5.16. The molecule has 0 spiro atoms. The van der Waals surface area contributed by atoms with Crippen LogP contribution in [0.25, 0.3) is 0 Å². The monoisotopic (exact) mass is 269 g/mol. The molecule has 0 heterocycles. The molecule has 5 heteroatoms. The minimum absolute atomic E-state index is 0.103. The molecule has 1 amide bonds. The number of aldehydes is 1. The lowest BCUT2D eigenvalue weighted by molar-refractivity contribution is -0.133. The van der Waals surface area contributed by atoms with E-state index in [0.29, 0.717) is 17.1 Å². The molecule has 0 saturated heterocycles. The summed E-state index contributed by atoms with van der Waals surface area (Å²) in [5.41, 5.74) is 0.263. The minimum atomic E-state index is -0.151. The minimum Gasteiger partial charge on any atom is -0.483 e. The van der Waals surface area contributed by atoms with Gasteiger partial charge in [-0.1, -0.05) is 17.7 Å². The normalized spacial score (nSPS) is 10.3. The summed E-state index contributed by atoms with van der Waals surface area (Å²) >= 11 is 5.85. The molecule has 0 bridgehead atoms. The molecule has 98 valence electrons. The highest BCUT2D eigenvalue weighted by Gasteiger charge is 2.14. The van der Waals surface area contributed by atoms with E-state index in [0.717, 1.165) is 0 Å². The Morgan fingerprint density at radius 2 is 2.17 bits per heavy atom. The van der Waals surface area contributed by atoms with E-state index in [1.165, 1.54) is 0 Å². The molecule has 0 aliphatic heterocycles. The summed E-state index contributed by atoms with van der Waals surface area (Å²) in [5.74, 6) is 0.171. The fourth-order valence-corrected chi connectivity index (χ4v) is 1.50. The smallest absolute Gasteiger partial charge is 0.260 e. The first kappa shape index (κ1) is 14.5. The van der Waals surface area contributed by atoms with Gasteiger partial charge >= 0.3 is 0 Å². The van der Waals surface area contributed by atoms with E-state index in [1.54, 1.807) is 30.1 Å². The molecular formula is C13H16ClNO3. The van der Waals surface area contributed by atoms with Gasteiger partial charge in [0.1, 0.15) is 5.75 Å². The molecule has 1 rings (SSSR count). The fourth-order valence-electron chi connectivity index (χ4n) is 1.29. The number of likely N-dealkylation sites (N-methyl/N-ethyl adjacent to an activating group) is 1.